The molecule has 0 bridgehead atoms. The summed E-state index contributed by atoms with van der Waals surface area (Å²) in [7, 11) is 1.53. The number of nitrogens with one attached hydrogen (secondary N) is 1. The van der Waals surface area contributed by atoms with Gasteiger partial charge in [-0.05, 0) is 37.8 Å². The molecule has 0 atom stereocenters. The van der Waals surface area contributed by atoms with Crippen LogP contribution < -0.4 is 10.1 Å². The number of rotatable bonds is 4. The van der Waals surface area contributed by atoms with Crippen molar-refractivity contribution in [1.29, 1.82) is 0 Å². The van der Waals surface area contributed by atoms with E-state index in [0.29, 0.717) is 12.1 Å². The lowest BCUT2D eigenvalue weighted by Crippen LogP contribution is -2.28. The van der Waals surface area contributed by atoms with E-state index in [1.807, 2.05) is 12.1 Å². The fraction of sp³-hybridized carbons (Fsp3) is 0.412. The van der Waals surface area contributed by atoms with E-state index < -0.39 is 0 Å². The maximum atomic E-state index is 9.63. The largest absolute Gasteiger partial charge is 0.467 e. The lowest BCUT2D eigenvalue weighted by atomic mass is 9.93. The van der Waals surface area contributed by atoms with Gasteiger partial charge in [-0.1, -0.05) is 0 Å². The van der Waals surface area contributed by atoms with E-state index in [2.05, 4.69) is 25.4 Å². The molecule has 3 aromatic rings. The molecule has 3 heterocycles. The molecule has 0 radical (unpaired) electrons. The number of anilines is 1. The molecule has 0 aliphatic heterocycles. The molecule has 1 fully saturated rings. The number of aromatic nitrogens is 5. The number of hydrogen-bond acceptors (Lipinski definition) is 7. The third-order valence-electron chi connectivity index (χ3n) is 4.52. The fourth-order valence-electron chi connectivity index (χ4n) is 3.13. The average Bonchev–Trinajstić information content (AvgIpc) is 3.07. The Bertz CT molecular complexity index is 855. The molecule has 8 heteroatoms. The van der Waals surface area contributed by atoms with Crippen molar-refractivity contribution in [3.8, 4) is 17.3 Å². The predicted octanol–water partition coefficient (Wildman–Crippen LogP) is 1.91. The van der Waals surface area contributed by atoms with Crippen LogP contribution in [0.25, 0.3) is 16.9 Å². The van der Waals surface area contributed by atoms with E-state index >= 15 is 0 Å². The Labute approximate surface area is 144 Å². The molecule has 0 spiro atoms. The molecule has 25 heavy (non-hydrogen) atoms. The minimum absolute atomic E-state index is 0.163. The summed E-state index contributed by atoms with van der Waals surface area (Å²) in [5, 5.41) is 17.7. The molecule has 1 saturated carbocycles. The van der Waals surface area contributed by atoms with Gasteiger partial charge in [0.1, 0.15) is 5.82 Å². The molecule has 0 saturated heterocycles. The summed E-state index contributed by atoms with van der Waals surface area (Å²) in [6, 6.07) is 4.53. The summed E-state index contributed by atoms with van der Waals surface area (Å²) < 4.78 is 6.78. The van der Waals surface area contributed by atoms with E-state index in [4.69, 9.17) is 4.74 Å². The maximum absolute atomic E-state index is 9.63. The van der Waals surface area contributed by atoms with Crippen LogP contribution in [0.2, 0.25) is 0 Å². The SMILES string of the molecule is COc1ncc(-c2cnc3ccc(NC4CCC(O)CC4)nn23)cn1. The molecular weight excluding hydrogens is 320 g/mol. The molecule has 4 rings (SSSR count). The van der Waals surface area contributed by atoms with Gasteiger partial charge in [0.2, 0.25) is 0 Å². The molecule has 0 amide bonds. The molecule has 3 aromatic heterocycles. The number of fused-ring (bicyclic) bond motifs is 1. The second-order valence-electron chi connectivity index (χ2n) is 6.24. The van der Waals surface area contributed by atoms with Gasteiger partial charge in [-0.15, -0.1) is 5.10 Å². The Morgan fingerprint density at radius 3 is 2.56 bits per heavy atom. The van der Waals surface area contributed by atoms with Crippen molar-refractivity contribution < 1.29 is 9.84 Å². The van der Waals surface area contributed by atoms with E-state index in [9.17, 15) is 5.11 Å². The molecule has 1 aliphatic carbocycles. The monoisotopic (exact) mass is 340 g/mol. The zero-order chi connectivity index (χ0) is 17.2. The lowest BCUT2D eigenvalue weighted by molar-refractivity contribution is 0.126. The summed E-state index contributed by atoms with van der Waals surface area (Å²) in [5.74, 6) is 0.794. The highest BCUT2D eigenvalue weighted by Gasteiger charge is 2.19. The zero-order valence-corrected chi connectivity index (χ0v) is 14.0. The quantitative estimate of drug-likeness (QED) is 0.748. The normalized spacial score (nSPS) is 20.6. The Morgan fingerprint density at radius 1 is 1.08 bits per heavy atom. The number of nitrogens with zero attached hydrogens (tertiary/aromatic N) is 5. The highest BCUT2D eigenvalue weighted by Crippen LogP contribution is 2.23. The first-order valence-electron chi connectivity index (χ1n) is 8.39. The van der Waals surface area contributed by atoms with Gasteiger partial charge in [-0.2, -0.15) is 0 Å². The van der Waals surface area contributed by atoms with Crippen LogP contribution in [0.15, 0.2) is 30.7 Å². The van der Waals surface area contributed by atoms with Crippen LogP contribution in [0.5, 0.6) is 6.01 Å². The van der Waals surface area contributed by atoms with Crippen LogP contribution >= 0.6 is 0 Å². The van der Waals surface area contributed by atoms with E-state index in [-0.39, 0.29) is 6.10 Å². The first-order valence-corrected chi connectivity index (χ1v) is 8.39. The fourth-order valence-corrected chi connectivity index (χ4v) is 3.13. The van der Waals surface area contributed by atoms with Crippen LogP contribution in [0.4, 0.5) is 5.82 Å². The molecule has 8 nitrogen and oxygen atoms in total. The van der Waals surface area contributed by atoms with Crippen molar-refractivity contribution in [1.82, 2.24) is 24.6 Å². The molecule has 0 unspecified atom stereocenters. The van der Waals surface area contributed by atoms with Crippen LogP contribution in [0.1, 0.15) is 25.7 Å². The van der Waals surface area contributed by atoms with Crippen molar-refractivity contribution in [2.45, 2.75) is 37.8 Å². The van der Waals surface area contributed by atoms with Crippen molar-refractivity contribution in [3.63, 3.8) is 0 Å². The highest BCUT2D eigenvalue weighted by atomic mass is 16.5. The third kappa shape index (κ3) is 3.25. The smallest absolute Gasteiger partial charge is 0.316 e. The first-order chi connectivity index (χ1) is 12.2. The number of methoxy groups -OCH3 is 1. The van der Waals surface area contributed by atoms with Crippen LogP contribution in [0, 0.1) is 0 Å². The molecule has 130 valence electrons. The van der Waals surface area contributed by atoms with Crippen molar-refractivity contribution in [3.05, 3.63) is 30.7 Å². The van der Waals surface area contributed by atoms with Crippen molar-refractivity contribution in [2.75, 3.05) is 12.4 Å². The summed E-state index contributed by atoms with van der Waals surface area (Å²) in [6.45, 7) is 0. The van der Waals surface area contributed by atoms with E-state index in [1.165, 1.54) is 7.11 Å². The van der Waals surface area contributed by atoms with Crippen molar-refractivity contribution >= 4 is 11.5 Å². The summed E-state index contributed by atoms with van der Waals surface area (Å²) in [6.07, 6.45) is 8.55. The standard InChI is InChI=1S/C17H20N6O2/c1-25-17-19-8-11(9-20-17)14-10-18-16-7-6-15(22-23(14)16)21-12-2-4-13(24)5-3-12/h6-10,12-13,24H,2-5H2,1H3,(H,21,22). The van der Waals surface area contributed by atoms with Crippen molar-refractivity contribution in [2.24, 2.45) is 0 Å². The average molecular weight is 340 g/mol. The predicted molar refractivity (Wildman–Crippen MR) is 92.5 cm³/mol. The number of hydrogen-bond donors (Lipinski definition) is 2. The molecule has 0 aromatic carbocycles. The summed E-state index contributed by atoms with van der Waals surface area (Å²) in [4.78, 5) is 12.7. The zero-order valence-electron chi connectivity index (χ0n) is 14.0. The summed E-state index contributed by atoms with van der Waals surface area (Å²) in [5.41, 5.74) is 2.40. The topological polar surface area (TPSA) is 97.5 Å². The maximum Gasteiger partial charge on any atom is 0.316 e. The molecule has 1 aliphatic rings. The van der Waals surface area contributed by atoms with Gasteiger partial charge < -0.3 is 15.2 Å². The Kier molecular flexibility index (Phi) is 4.19. The highest BCUT2D eigenvalue weighted by molar-refractivity contribution is 5.62. The van der Waals surface area contributed by atoms with Crippen LogP contribution in [-0.4, -0.2) is 48.9 Å². The first kappa shape index (κ1) is 15.8. The number of aliphatic hydroxyl groups excluding tert-OH is 1. The molecule has 2 N–H and O–H groups in total. The second kappa shape index (κ2) is 6.64. The number of aliphatic hydroxyl groups is 1. The van der Waals surface area contributed by atoms with Gasteiger partial charge in [0.15, 0.2) is 5.65 Å². The Morgan fingerprint density at radius 2 is 1.84 bits per heavy atom. The van der Waals surface area contributed by atoms with Gasteiger partial charge in [0.05, 0.1) is 25.1 Å². The summed E-state index contributed by atoms with van der Waals surface area (Å²) >= 11 is 0. The minimum Gasteiger partial charge on any atom is -0.467 e. The van der Waals surface area contributed by atoms with Crippen LogP contribution in [-0.2, 0) is 0 Å². The minimum atomic E-state index is -0.163. The number of ether oxygens (including phenoxy) is 1. The van der Waals surface area contributed by atoms with E-state index in [0.717, 1.165) is 48.4 Å². The Hall–Kier alpha value is -2.74. The molecular formula is C17H20N6O2. The van der Waals surface area contributed by atoms with E-state index in [1.54, 1.807) is 23.1 Å². The number of imidazole rings is 1. The van der Waals surface area contributed by atoms with Gasteiger partial charge in [0.25, 0.3) is 0 Å². The second-order valence-corrected chi connectivity index (χ2v) is 6.24. The Balaban J connectivity index is 1.60. The van der Waals surface area contributed by atoms with Gasteiger partial charge in [-0.3, -0.25) is 0 Å². The lowest BCUT2D eigenvalue weighted by Gasteiger charge is -2.26. The third-order valence-corrected chi connectivity index (χ3v) is 4.52. The van der Waals surface area contributed by atoms with Gasteiger partial charge >= 0.3 is 6.01 Å². The van der Waals surface area contributed by atoms with Gasteiger partial charge in [0, 0.05) is 24.0 Å². The van der Waals surface area contributed by atoms with Gasteiger partial charge in [-0.25, -0.2) is 19.5 Å². The van der Waals surface area contributed by atoms with Crippen LogP contribution in [0.3, 0.4) is 0 Å².